The zero-order chi connectivity index (χ0) is 7.21. The van der Waals surface area contributed by atoms with Crippen LogP contribution in [0, 0.1) is 0 Å². The summed E-state index contributed by atoms with van der Waals surface area (Å²) < 4.78 is 37.0. The Hall–Kier alpha value is 0.190. The lowest BCUT2D eigenvalue weighted by Gasteiger charge is -1.85. The first-order valence-corrected chi connectivity index (χ1v) is 2.46. The number of rotatable bonds is 0. The molecule has 0 aromatic rings. The van der Waals surface area contributed by atoms with Crippen LogP contribution in [0.15, 0.2) is 12.9 Å². The predicted octanol–water partition coefficient (Wildman–Crippen LogP) is 3.04. The largest absolute Gasteiger partial charge is 0.441 e. The van der Waals surface area contributed by atoms with Crippen LogP contribution in [0.2, 0.25) is 0 Å². The fraction of sp³-hybridized carbons (Fsp3) is 0.333. The molecule has 0 nitrogen and oxygen atoms in total. The van der Waals surface area contributed by atoms with Gasteiger partial charge in [-0.05, 0) is 0 Å². The van der Waals surface area contributed by atoms with Gasteiger partial charge in [-0.25, -0.2) is 4.39 Å². The minimum atomic E-state index is -4.03. The summed E-state index contributed by atoms with van der Waals surface area (Å²) in [4.78, 5) is 0. The van der Waals surface area contributed by atoms with Crippen LogP contribution in [0.25, 0.3) is 0 Å². The number of halogens is 5. The first-order valence-electron chi connectivity index (χ1n) is 1.38. The zero-order valence-electron chi connectivity index (χ0n) is 3.67. The summed E-state index contributed by atoms with van der Waals surface area (Å²) in [7, 11) is 0. The van der Waals surface area contributed by atoms with Crippen molar-refractivity contribution in [2.24, 2.45) is 0 Å². The van der Waals surface area contributed by atoms with Gasteiger partial charge in [0.1, 0.15) is 0 Å². The SMILES string of the molecule is C=CF.FC(F)(F)I. The average molecular weight is 242 g/mol. The third-order valence-electron chi connectivity index (χ3n) is 0. The van der Waals surface area contributed by atoms with Crippen molar-refractivity contribution in [3.8, 4) is 0 Å². The second-order valence-electron chi connectivity index (χ2n) is 0.583. The topological polar surface area (TPSA) is 0 Å². The van der Waals surface area contributed by atoms with E-state index in [1.54, 1.807) is 0 Å². The first-order chi connectivity index (χ1) is 3.41. The zero-order valence-corrected chi connectivity index (χ0v) is 5.83. The Labute approximate surface area is 57.7 Å². The van der Waals surface area contributed by atoms with Crippen LogP contribution in [0.3, 0.4) is 0 Å². The Kier molecular flexibility index (Phi) is 7.36. The number of alkyl halides is 4. The van der Waals surface area contributed by atoms with Gasteiger partial charge >= 0.3 is 4.18 Å². The molecule has 0 fully saturated rings. The maximum Gasteiger partial charge on any atom is 0.441 e. The molecule has 0 amide bonds. The third kappa shape index (κ3) is 4620. The van der Waals surface area contributed by atoms with Gasteiger partial charge in [0, 0.05) is 22.6 Å². The van der Waals surface area contributed by atoms with Gasteiger partial charge in [0.15, 0.2) is 0 Å². The van der Waals surface area contributed by atoms with E-state index in [2.05, 4.69) is 6.58 Å². The van der Waals surface area contributed by atoms with Crippen molar-refractivity contribution in [2.45, 2.75) is 4.18 Å². The molecule has 0 spiro atoms. The Morgan fingerprint density at radius 2 is 1.38 bits per heavy atom. The Bertz CT molecular complexity index is 50.8. The van der Waals surface area contributed by atoms with Crippen molar-refractivity contribution in [3.05, 3.63) is 12.9 Å². The molecule has 0 aliphatic carbocycles. The molecule has 5 heteroatoms. The second kappa shape index (κ2) is 5.33. The molecule has 0 atom stereocenters. The number of hydrogen-bond acceptors (Lipinski definition) is 0. The van der Waals surface area contributed by atoms with Crippen LogP contribution in [0.5, 0.6) is 0 Å². The molecule has 0 aliphatic heterocycles. The summed E-state index contributed by atoms with van der Waals surface area (Å²) in [6, 6.07) is 0. The Morgan fingerprint density at radius 3 is 1.38 bits per heavy atom. The highest BCUT2D eigenvalue weighted by Crippen LogP contribution is 2.22. The lowest BCUT2D eigenvalue weighted by atomic mass is 11.2. The standard InChI is InChI=1S/C2H3F.CF3I/c1-2-3;2-1(3,4)5/h2H,1H2;. The lowest BCUT2D eigenvalue weighted by Crippen LogP contribution is -1.87. The van der Waals surface area contributed by atoms with Gasteiger partial charge in [-0.15, -0.1) is 0 Å². The fourth-order valence-electron chi connectivity index (χ4n) is 0. The van der Waals surface area contributed by atoms with Crippen LogP contribution < -0.4 is 0 Å². The summed E-state index contributed by atoms with van der Waals surface area (Å²) in [6.45, 7) is 2.69. The lowest BCUT2D eigenvalue weighted by molar-refractivity contribution is -0.0125. The van der Waals surface area contributed by atoms with E-state index < -0.39 is 4.18 Å². The normalized spacial score (nSPS) is 9.12. The van der Waals surface area contributed by atoms with Crippen molar-refractivity contribution >= 4 is 22.6 Å². The molecule has 0 heterocycles. The predicted molar refractivity (Wildman–Crippen MR) is 31.4 cm³/mol. The fourth-order valence-corrected chi connectivity index (χ4v) is 0. The third-order valence-corrected chi connectivity index (χ3v) is 0. The molecule has 0 bridgehead atoms. The van der Waals surface area contributed by atoms with Crippen LogP contribution in [-0.4, -0.2) is 4.18 Å². The summed E-state index contributed by atoms with van der Waals surface area (Å²) >= 11 is 0.378. The van der Waals surface area contributed by atoms with E-state index in [9.17, 15) is 17.6 Å². The maximum atomic E-state index is 10.3. The number of hydrogen-bond donors (Lipinski definition) is 0. The summed E-state index contributed by atoms with van der Waals surface area (Å²) in [5.41, 5.74) is 0. The molecular weight excluding hydrogens is 239 g/mol. The molecule has 8 heavy (non-hydrogen) atoms. The van der Waals surface area contributed by atoms with Crippen molar-refractivity contribution in [2.75, 3.05) is 0 Å². The average Bonchev–Trinajstić information content (AvgIpc) is 1.27. The van der Waals surface area contributed by atoms with E-state index >= 15 is 0 Å². The van der Waals surface area contributed by atoms with Crippen molar-refractivity contribution < 1.29 is 17.6 Å². The van der Waals surface area contributed by atoms with Gasteiger partial charge in [0.2, 0.25) is 0 Å². The van der Waals surface area contributed by atoms with E-state index in [1.807, 2.05) is 0 Å². The quantitative estimate of drug-likeness (QED) is 0.348. The summed E-state index contributed by atoms with van der Waals surface area (Å²) in [5.74, 6) is 0. The van der Waals surface area contributed by atoms with Gasteiger partial charge in [0.25, 0.3) is 0 Å². The summed E-state index contributed by atoms with van der Waals surface area (Å²) in [6.07, 6.45) is 0.250. The van der Waals surface area contributed by atoms with Gasteiger partial charge < -0.3 is 0 Å². The monoisotopic (exact) mass is 242 g/mol. The van der Waals surface area contributed by atoms with Crippen molar-refractivity contribution in [1.29, 1.82) is 0 Å². The Morgan fingerprint density at radius 1 is 1.38 bits per heavy atom. The van der Waals surface area contributed by atoms with E-state index in [0.717, 1.165) is 0 Å². The van der Waals surface area contributed by atoms with Gasteiger partial charge in [-0.1, -0.05) is 6.58 Å². The highest BCUT2D eigenvalue weighted by Gasteiger charge is 2.19. The minimum absolute atomic E-state index is 0.250. The highest BCUT2D eigenvalue weighted by molar-refractivity contribution is 14.1. The van der Waals surface area contributed by atoms with E-state index in [0.29, 0.717) is 22.6 Å². The first kappa shape index (κ1) is 11.0. The smallest absolute Gasteiger partial charge is 0.216 e. The Balaban J connectivity index is 0. The molecular formula is C3H3F4I. The van der Waals surface area contributed by atoms with Crippen LogP contribution in [0.4, 0.5) is 17.6 Å². The molecule has 0 rings (SSSR count). The molecule has 0 saturated heterocycles. The minimum Gasteiger partial charge on any atom is -0.216 e. The van der Waals surface area contributed by atoms with Crippen LogP contribution in [0.1, 0.15) is 0 Å². The molecule has 0 unspecified atom stereocenters. The highest BCUT2D eigenvalue weighted by atomic mass is 127. The van der Waals surface area contributed by atoms with Crippen molar-refractivity contribution in [3.63, 3.8) is 0 Å². The summed E-state index contributed by atoms with van der Waals surface area (Å²) in [5, 5.41) is 0. The molecule has 0 radical (unpaired) electrons. The van der Waals surface area contributed by atoms with E-state index in [4.69, 9.17) is 0 Å². The van der Waals surface area contributed by atoms with Gasteiger partial charge in [0.05, 0.1) is 6.33 Å². The van der Waals surface area contributed by atoms with Crippen LogP contribution >= 0.6 is 22.6 Å². The molecule has 0 aromatic heterocycles. The maximum absolute atomic E-state index is 10.3. The molecule has 0 aromatic carbocycles. The van der Waals surface area contributed by atoms with E-state index in [-0.39, 0.29) is 6.33 Å². The molecule has 0 aliphatic rings. The van der Waals surface area contributed by atoms with Crippen LogP contribution in [-0.2, 0) is 0 Å². The second-order valence-corrected chi connectivity index (χ2v) is 1.81. The van der Waals surface area contributed by atoms with E-state index in [1.165, 1.54) is 0 Å². The molecule has 50 valence electrons. The van der Waals surface area contributed by atoms with Crippen molar-refractivity contribution in [1.82, 2.24) is 0 Å². The van der Waals surface area contributed by atoms with Gasteiger partial charge in [-0.2, -0.15) is 13.2 Å². The van der Waals surface area contributed by atoms with Gasteiger partial charge in [-0.3, -0.25) is 0 Å². The molecule has 0 saturated carbocycles. The molecule has 0 N–H and O–H groups in total.